The van der Waals surface area contributed by atoms with E-state index in [4.69, 9.17) is 26.2 Å². The van der Waals surface area contributed by atoms with E-state index in [1.165, 1.54) is 29.2 Å². The zero-order valence-corrected chi connectivity index (χ0v) is 22.1. The van der Waals surface area contributed by atoms with E-state index in [0.717, 1.165) is 12.2 Å². The van der Waals surface area contributed by atoms with Gasteiger partial charge in [0.05, 0.1) is 7.11 Å². The minimum absolute atomic E-state index is 0.0664. The number of hydrogen-bond acceptors (Lipinski definition) is 3. The van der Waals surface area contributed by atoms with Crippen molar-refractivity contribution in [1.82, 2.24) is 0 Å². The van der Waals surface area contributed by atoms with Gasteiger partial charge in [0, 0.05) is 10.6 Å². The number of Topliss-reactive ketones (excluding diaryl/α,β-unsaturated/α-hetero) is 1. The zero-order chi connectivity index (χ0) is 25.7. The predicted octanol–water partition coefficient (Wildman–Crippen LogP) is 8.50. The van der Waals surface area contributed by atoms with Gasteiger partial charge < -0.3 is 9.84 Å². The second-order valence-electron chi connectivity index (χ2n) is 6.18. The van der Waals surface area contributed by atoms with Gasteiger partial charge in [0.2, 0.25) is 0 Å². The molecule has 0 aromatic heterocycles. The van der Waals surface area contributed by atoms with Gasteiger partial charge in [-0.1, -0.05) is 57.9 Å². The molecule has 0 amide bonds. The summed E-state index contributed by atoms with van der Waals surface area (Å²) in [7, 11) is 1.71. The molecule has 0 unspecified atom stereocenters. The number of ether oxygens (including phenoxy) is 1. The van der Waals surface area contributed by atoms with Crippen molar-refractivity contribution < 1.29 is 19.4 Å². The first-order valence-electron chi connectivity index (χ1n) is 10.9. The first kappa shape index (κ1) is 34.0. The second-order valence-corrected chi connectivity index (χ2v) is 6.62. The van der Waals surface area contributed by atoms with Crippen LogP contribution in [0.3, 0.4) is 0 Å². The van der Waals surface area contributed by atoms with Crippen molar-refractivity contribution in [3.05, 3.63) is 69.8 Å². The third-order valence-corrected chi connectivity index (χ3v) is 4.23. The van der Waals surface area contributed by atoms with Crippen LogP contribution < -0.4 is 4.74 Å². The number of methoxy groups -OCH3 is 1. The van der Waals surface area contributed by atoms with Crippen LogP contribution in [0.2, 0.25) is 5.02 Å². The highest BCUT2D eigenvalue weighted by atomic mass is 35.5. The maximum Gasteiger partial charge on any atom is 0.290 e. The van der Waals surface area contributed by atoms with Gasteiger partial charge in [-0.15, -0.1) is 0 Å². The van der Waals surface area contributed by atoms with E-state index in [2.05, 4.69) is 39.8 Å². The van der Waals surface area contributed by atoms with Crippen molar-refractivity contribution in [1.29, 1.82) is 0 Å². The van der Waals surface area contributed by atoms with Crippen LogP contribution in [0.5, 0.6) is 5.75 Å². The lowest BCUT2D eigenvalue weighted by Gasteiger charge is -2.12. The fourth-order valence-electron chi connectivity index (χ4n) is 2.55. The molecule has 2 aromatic carbocycles. The standard InChI is InChI=1S/C14H20O.C8H7ClO.2C2H6.CH2O2/c1-6-13(10(2)3)14-9-12(15-5)8-7-11(14)4;1-6(10)7-2-4-8(9)5-3-7;2*1-2;2-1-3/h7-9H,6H2,1-5H3;2-5H,1H3;2*1-2H3;1H,(H,2,3). The topological polar surface area (TPSA) is 63.6 Å². The third-order valence-electron chi connectivity index (χ3n) is 3.98. The minimum Gasteiger partial charge on any atom is -0.497 e. The summed E-state index contributed by atoms with van der Waals surface area (Å²) in [5, 5.41) is 7.55. The summed E-state index contributed by atoms with van der Waals surface area (Å²) >= 11 is 5.61. The molecule has 0 atom stereocenters. The smallest absolute Gasteiger partial charge is 0.290 e. The van der Waals surface area contributed by atoms with Crippen molar-refractivity contribution >= 4 is 29.4 Å². The average Bonchev–Trinajstić information content (AvgIpc) is 2.79. The van der Waals surface area contributed by atoms with E-state index in [0.29, 0.717) is 10.6 Å². The third kappa shape index (κ3) is 14.4. The quantitative estimate of drug-likeness (QED) is 0.363. The molecule has 0 bridgehead atoms. The molecule has 5 heteroatoms. The van der Waals surface area contributed by atoms with Crippen molar-refractivity contribution in [2.24, 2.45) is 0 Å². The Hall–Kier alpha value is -2.59. The lowest BCUT2D eigenvalue weighted by atomic mass is 9.95. The van der Waals surface area contributed by atoms with E-state index < -0.39 is 0 Å². The number of carbonyl (C=O) groups is 2. The normalized spacial score (nSPS) is 8.34. The van der Waals surface area contributed by atoms with Gasteiger partial charge >= 0.3 is 0 Å². The molecule has 1 N–H and O–H groups in total. The highest BCUT2D eigenvalue weighted by molar-refractivity contribution is 6.30. The van der Waals surface area contributed by atoms with Crippen LogP contribution in [0.4, 0.5) is 0 Å². The fourth-order valence-corrected chi connectivity index (χ4v) is 2.68. The molecule has 2 rings (SSSR count). The summed E-state index contributed by atoms with van der Waals surface area (Å²) in [5.41, 5.74) is 6.13. The van der Waals surface area contributed by atoms with Gasteiger partial charge in [0.15, 0.2) is 5.78 Å². The van der Waals surface area contributed by atoms with Crippen molar-refractivity contribution in [2.45, 2.75) is 68.7 Å². The molecule has 0 aliphatic carbocycles. The van der Waals surface area contributed by atoms with Gasteiger partial charge in [0.1, 0.15) is 5.75 Å². The molecule has 0 spiro atoms. The Morgan fingerprint density at radius 2 is 1.47 bits per heavy atom. The van der Waals surface area contributed by atoms with Crippen molar-refractivity contribution in [3.63, 3.8) is 0 Å². The number of aryl methyl sites for hydroxylation is 1. The fraction of sp³-hybridized carbons (Fsp3) is 0.407. The molecule has 4 nitrogen and oxygen atoms in total. The van der Waals surface area contributed by atoms with E-state index in [1.807, 2.05) is 33.8 Å². The summed E-state index contributed by atoms with van der Waals surface area (Å²) in [6, 6.07) is 13.1. The van der Waals surface area contributed by atoms with E-state index in [-0.39, 0.29) is 12.3 Å². The van der Waals surface area contributed by atoms with Crippen molar-refractivity contribution in [3.8, 4) is 5.75 Å². The Labute approximate surface area is 200 Å². The van der Waals surface area contributed by atoms with Crippen LogP contribution in [-0.2, 0) is 4.79 Å². The Balaban J connectivity index is -0.000000427. The van der Waals surface area contributed by atoms with E-state index in [1.54, 1.807) is 31.4 Å². The van der Waals surface area contributed by atoms with Crippen LogP contribution in [0.15, 0.2) is 48.0 Å². The zero-order valence-electron chi connectivity index (χ0n) is 21.4. The van der Waals surface area contributed by atoms with Gasteiger partial charge in [-0.05, 0) is 87.2 Å². The van der Waals surface area contributed by atoms with Crippen LogP contribution in [0, 0.1) is 6.92 Å². The first-order valence-corrected chi connectivity index (χ1v) is 11.2. The highest BCUT2D eigenvalue weighted by Crippen LogP contribution is 2.28. The highest BCUT2D eigenvalue weighted by Gasteiger charge is 2.06. The number of hydrogen-bond donors (Lipinski definition) is 1. The largest absolute Gasteiger partial charge is 0.497 e. The van der Waals surface area contributed by atoms with Crippen molar-refractivity contribution in [2.75, 3.05) is 7.11 Å². The maximum absolute atomic E-state index is 10.7. The van der Waals surface area contributed by atoms with Crippen LogP contribution in [-0.4, -0.2) is 24.5 Å². The Morgan fingerprint density at radius 1 is 1.00 bits per heavy atom. The van der Waals surface area contributed by atoms with E-state index >= 15 is 0 Å². The summed E-state index contributed by atoms with van der Waals surface area (Å²) in [5.74, 6) is 1.000. The lowest BCUT2D eigenvalue weighted by molar-refractivity contribution is -0.122. The molecule has 0 radical (unpaired) electrons. The molecule has 0 saturated carbocycles. The average molecular weight is 465 g/mol. The number of carbonyl (C=O) groups excluding carboxylic acids is 1. The molecule has 180 valence electrons. The lowest BCUT2D eigenvalue weighted by Crippen LogP contribution is -1.92. The Morgan fingerprint density at radius 3 is 1.81 bits per heavy atom. The summed E-state index contributed by atoms with van der Waals surface area (Å²) in [6.07, 6.45) is 1.07. The summed E-state index contributed by atoms with van der Waals surface area (Å²) in [6.45, 7) is 18.0. The van der Waals surface area contributed by atoms with Crippen LogP contribution >= 0.6 is 11.6 Å². The predicted molar refractivity (Wildman–Crippen MR) is 139 cm³/mol. The summed E-state index contributed by atoms with van der Waals surface area (Å²) < 4.78 is 5.26. The molecule has 0 fully saturated rings. The maximum atomic E-state index is 10.7. The number of benzene rings is 2. The Bertz CT molecular complexity index is 790. The first-order chi connectivity index (χ1) is 15.2. The molecule has 0 aliphatic rings. The number of halogens is 1. The van der Waals surface area contributed by atoms with Gasteiger partial charge in [-0.2, -0.15) is 0 Å². The number of carboxylic acid groups (broad SMARTS) is 1. The minimum atomic E-state index is -0.250. The van der Waals surface area contributed by atoms with Crippen LogP contribution in [0.25, 0.3) is 5.57 Å². The van der Waals surface area contributed by atoms with E-state index in [9.17, 15) is 4.79 Å². The van der Waals surface area contributed by atoms with Crippen LogP contribution in [0.1, 0.15) is 83.3 Å². The molecule has 0 heterocycles. The number of ketones is 1. The Kier molecular flexibility index (Phi) is 23.0. The van der Waals surface area contributed by atoms with Gasteiger partial charge in [0.25, 0.3) is 6.47 Å². The molecular formula is C27H41ClO4. The molecule has 0 saturated heterocycles. The van der Waals surface area contributed by atoms with Gasteiger partial charge in [-0.25, -0.2) is 0 Å². The molecule has 0 aliphatic heterocycles. The monoisotopic (exact) mass is 464 g/mol. The second kappa shape index (κ2) is 21.6. The number of allylic oxidation sites excluding steroid dienone is 2. The molecule has 32 heavy (non-hydrogen) atoms. The summed E-state index contributed by atoms with van der Waals surface area (Å²) in [4.78, 5) is 19.1. The van der Waals surface area contributed by atoms with Gasteiger partial charge in [-0.3, -0.25) is 9.59 Å². The number of rotatable bonds is 4. The molecular weight excluding hydrogens is 424 g/mol. The molecule has 2 aromatic rings. The SMILES string of the molecule is CC.CC.CC(=O)c1ccc(Cl)cc1.CCC(=C(C)C)c1cc(OC)ccc1C.O=CO.